The number of nitrogens with one attached hydrogen (secondary N) is 1. The second-order valence-electron chi connectivity index (χ2n) is 4.01. The monoisotopic (exact) mass is 205 g/mol. The predicted molar refractivity (Wildman–Crippen MR) is 58.0 cm³/mol. The third-order valence-corrected chi connectivity index (χ3v) is 2.84. The molecule has 1 aliphatic rings. The lowest BCUT2D eigenvalue weighted by atomic mass is 9.96. The molecule has 3 nitrogen and oxygen atoms in total. The van der Waals surface area contributed by atoms with E-state index in [4.69, 9.17) is 5.11 Å². The molecule has 1 heterocycles. The van der Waals surface area contributed by atoms with Crippen molar-refractivity contribution in [3.8, 4) is 0 Å². The maximum absolute atomic E-state index is 10.6. The average molecular weight is 205 g/mol. The maximum Gasteiger partial charge on any atom is 0.307 e. The summed E-state index contributed by atoms with van der Waals surface area (Å²) >= 11 is 0. The van der Waals surface area contributed by atoms with Crippen LogP contribution < -0.4 is 5.32 Å². The van der Waals surface area contributed by atoms with Gasteiger partial charge in [0.1, 0.15) is 0 Å². The Hall–Kier alpha value is -1.35. The molecule has 1 saturated heterocycles. The first kappa shape index (κ1) is 10.2. The Kier molecular flexibility index (Phi) is 3.02. The lowest BCUT2D eigenvalue weighted by molar-refractivity contribution is -0.136. The molecule has 0 radical (unpaired) electrons. The molecule has 1 atom stereocenters. The molecule has 0 spiro atoms. The van der Waals surface area contributed by atoms with Crippen molar-refractivity contribution in [2.24, 2.45) is 0 Å². The highest BCUT2D eigenvalue weighted by Gasteiger charge is 2.16. The van der Waals surface area contributed by atoms with E-state index in [-0.39, 0.29) is 6.42 Å². The second kappa shape index (κ2) is 4.45. The van der Waals surface area contributed by atoms with E-state index in [1.165, 1.54) is 5.56 Å². The molecule has 0 amide bonds. The minimum atomic E-state index is -0.767. The third-order valence-electron chi connectivity index (χ3n) is 2.84. The number of carboxylic acids is 1. The van der Waals surface area contributed by atoms with E-state index in [9.17, 15) is 4.79 Å². The SMILES string of the molecule is O=C(O)Cc1cccc(C2CCNC2)c1. The normalized spacial score (nSPS) is 20.4. The Morgan fingerprint density at radius 1 is 1.53 bits per heavy atom. The topological polar surface area (TPSA) is 49.3 Å². The van der Waals surface area contributed by atoms with Gasteiger partial charge in [-0.1, -0.05) is 24.3 Å². The summed E-state index contributed by atoms with van der Waals surface area (Å²) in [7, 11) is 0. The Bertz CT molecular complexity index is 356. The lowest BCUT2D eigenvalue weighted by Crippen LogP contribution is -2.08. The van der Waals surface area contributed by atoms with Crippen LogP contribution in [-0.2, 0) is 11.2 Å². The van der Waals surface area contributed by atoms with Crippen LogP contribution in [0.4, 0.5) is 0 Å². The van der Waals surface area contributed by atoms with Crippen molar-refractivity contribution < 1.29 is 9.90 Å². The average Bonchev–Trinajstić information content (AvgIpc) is 2.69. The van der Waals surface area contributed by atoms with E-state index in [0.29, 0.717) is 5.92 Å². The van der Waals surface area contributed by atoms with Crippen molar-refractivity contribution >= 4 is 5.97 Å². The van der Waals surface area contributed by atoms with Gasteiger partial charge in [-0.15, -0.1) is 0 Å². The summed E-state index contributed by atoms with van der Waals surface area (Å²) in [6.45, 7) is 2.07. The third kappa shape index (κ3) is 2.57. The fourth-order valence-electron chi connectivity index (χ4n) is 2.07. The van der Waals surface area contributed by atoms with E-state index in [2.05, 4.69) is 11.4 Å². The summed E-state index contributed by atoms with van der Waals surface area (Å²) in [5, 5.41) is 12.0. The summed E-state index contributed by atoms with van der Waals surface area (Å²) in [5.74, 6) is -0.213. The Morgan fingerprint density at radius 3 is 3.07 bits per heavy atom. The van der Waals surface area contributed by atoms with Gasteiger partial charge < -0.3 is 10.4 Å². The van der Waals surface area contributed by atoms with Crippen molar-refractivity contribution in [1.82, 2.24) is 5.32 Å². The van der Waals surface area contributed by atoms with Gasteiger partial charge in [0.15, 0.2) is 0 Å². The zero-order valence-electron chi connectivity index (χ0n) is 8.57. The van der Waals surface area contributed by atoms with E-state index < -0.39 is 5.97 Å². The smallest absolute Gasteiger partial charge is 0.307 e. The van der Waals surface area contributed by atoms with Crippen LogP contribution in [0.5, 0.6) is 0 Å². The van der Waals surface area contributed by atoms with E-state index >= 15 is 0 Å². The number of rotatable bonds is 3. The molecule has 3 heteroatoms. The minimum Gasteiger partial charge on any atom is -0.481 e. The first-order chi connectivity index (χ1) is 7.25. The Labute approximate surface area is 89.1 Å². The fourth-order valence-corrected chi connectivity index (χ4v) is 2.07. The van der Waals surface area contributed by atoms with Crippen molar-refractivity contribution in [3.63, 3.8) is 0 Å². The lowest BCUT2D eigenvalue weighted by Gasteiger charge is -2.09. The largest absolute Gasteiger partial charge is 0.481 e. The van der Waals surface area contributed by atoms with Crippen LogP contribution in [0.15, 0.2) is 24.3 Å². The molecule has 80 valence electrons. The molecule has 2 N–H and O–H groups in total. The zero-order valence-corrected chi connectivity index (χ0v) is 8.57. The number of hydrogen-bond acceptors (Lipinski definition) is 2. The van der Waals surface area contributed by atoms with Gasteiger partial charge in [-0.2, -0.15) is 0 Å². The van der Waals surface area contributed by atoms with Crippen molar-refractivity contribution in [3.05, 3.63) is 35.4 Å². The van der Waals surface area contributed by atoms with Crippen LogP contribution >= 0.6 is 0 Å². The van der Waals surface area contributed by atoms with Gasteiger partial charge in [0.2, 0.25) is 0 Å². The maximum atomic E-state index is 10.6. The molecule has 0 aromatic heterocycles. The molecule has 1 unspecified atom stereocenters. The molecule has 0 bridgehead atoms. The van der Waals surface area contributed by atoms with Crippen molar-refractivity contribution in [2.45, 2.75) is 18.8 Å². The first-order valence-electron chi connectivity index (χ1n) is 5.27. The minimum absolute atomic E-state index is 0.119. The molecule has 0 saturated carbocycles. The van der Waals surface area contributed by atoms with Crippen LogP contribution in [0.1, 0.15) is 23.5 Å². The van der Waals surface area contributed by atoms with Gasteiger partial charge in [-0.3, -0.25) is 4.79 Å². The van der Waals surface area contributed by atoms with Crippen LogP contribution in [-0.4, -0.2) is 24.2 Å². The van der Waals surface area contributed by atoms with Gasteiger partial charge in [0.25, 0.3) is 0 Å². The second-order valence-corrected chi connectivity index (χ2v) is 4.01. The molecule has 1 aromatic rings. The number of aliphatic carboxylic acids is 1. The molecule has 15 heavy (non-hydrogen) atoms. The highest BCUT2D eigenvalue weighted by Crippen LogP contribution is 2.22. The number of carbonyl (C=O) groups is 1. The van der Waals surface area contributed by atoms with Gasteiger partial charge >= 0.3 is 5.97 Å². The summed E-state index contributed by atoms with van der Waals surface area (Å²) in [4.78, 5) is 10.6. The predicted octanol–water partition coefficient (Wildman–Crippen LogP) is 1.39. The van der Waals surface area contributed by atoms with Crippen LogP contribution in [0, 0.1) is 0 Å². The molecule has 0 aliphatic carbocycles. The van der Waals surface area contributed by atoms with Gasteiger partial charge in [0.05, 0.1) is 6.42 Å². The first-order valence-corrected chi connectivity index (χ1v) is 5.27. The highest BCUT2D eigenvalue weighted by molar-refractivity contribution is 5.70. The van der Waals surface area contributed by atoms with Crippen LogP contribution in [0.3, 0.4) is 0 Å². The van der Waals surface area contributed by atoms with Crippen molar-refractivity contribution in [2.75, 3.05) is 13.1 Å². The van der Waals surface area contributed by atoms with E-state index in [0.717, 1.165) is 25.1 Å². The quantitative estimate of drug-likeness (QED) is 0.784. The Balaban J connectivity index is 2.14. The summed E-state index contributed by atoms with van der Waals surface area (Å²) in [5.41, 5.74) is 2.16. The zero-order chi connectivity index (χ0) is 10.7. The fraction of sp³-hybridized carbons (Fsp3) is 0.417. The summed E-state index contributed by atoms with van der Waals surface area (Å²) < 4.78 is 0. The van der Waals surface area contributed by atoms with Gasteiger partial charge in [0, 0.05) is 6.54 Å². The number of hydrogen-bond donors (Lipinski definition) is 2. The molecule has 2 rings (SSSR count). The summed E-state index contributed by atoms with van der Waals surface area (Å²) in [6.07, 6.45) is 1.27. The highest BCUT2D eigenvalue weighted by atomic mass is 16.4. The molecular weight excluding hydrogens is 190 g/mol. The van der Waals surface area contributed by atoms with Gasteiger partial charge in [-0.25, -0.2) is 0 Å². The van der Waals surface area contributed by atoms with Crippen LogP contribution in [0.2, 0.25) is 0 Å². The number of carboxylic acid groups (broad SMARTS) is 1. The summed E-state index contributed by atoms with van der Waals surface area (Å²) in [6, 6.07) is 7.93. The van der Waals surface area contributed by atoms with Crippen molar-refractivity contribution in [1.29, 1.82) is 0 Å². The standard InChI is InChI=1S/C12H15NO2/c14-12(15)7-9-2-1-3-10(6-9)11-4-5-13-8-11/h1-3,6,11,13H,4-5,7-8H2,(H,14,15). The van der Waals surface area contributed by atoms with E-state index in [1.807, 2.05) is 18.2 Å². The molecule has 1 aromatic carbocycles. The Morgan fingerprint density at radius 2 is 2.40 bits per heavy atom. The van der Waals surface area contributed by atoms with Gasteiger partial charge in [-0.05, 0) is 30.0 Å². The molecular formula is C12H15NO2. The number of benzene rings is 1. The van der Waals surface area contributed by atoms with Crippen LogP contribution in [0.25, 0.3) is 0 Å². The molecule has 1 aliphatic heterocycles. The molecule has 1 fully saturated rings. The van der Waals surface area contributed by atoms with E-state index in [1.54, 1.807) is 0 Å².